The number of halogens is 1. The fourth-order valence-electron chi connectivity index (χ4n) is 2.68. The molecule has 0 heterocycles. The van der Waals surface area contributed by atoms with E-state index < -0.39 is 6.04 Å². The number of hydrogen-bond donors (Lipinski definition) is 2. The lowest BCUT2D eigenvalue weighted by Crippen LogP contribution is -2.47. The van der Waals surface area contributed by atoms with Crippen LogP contribution >= 0.6 is 23.4 Å². The number of para-hydroxylation sites is 1. The maximum absolute atomic E-state index is 12.6. The van der Waals surface area contributed by atoms with E-state index in [0.29, 0.717) is 35.7 Å². The first kappa shape index (κ1) is 22.1. The Morgan fingerprint density at radius 2 is 1.86 bits per heavy atom. The van der Waals surface area contributed by atoms with Gasteiger partial charge in [-0.3, -0.25) is 9.59 Å². The summed E-state index contributed by atoms with van der Waals surface area (Å²) in [5.41, 5.74) is 1.50. The molecule has 0 aliphatic carbocycles. The number of nitrogens with one attached hydrogen (secondary N) is 2. The average molecular weight is 421 g/mol. The summed E-state index contributed by atoms with van der Waals surface area (Å²) in [6.07, 6.45) is 3.21. The van der Waals surface area contributed by atoms with Crippen LogP contribution in [0, 0.1) is 0 Å². The first-order valence-corrected chi connectivity index (χ1v) is 10.8. The van der Waals surface area contributed by atoms with E-state index in [4.69, 9.17) is 16.3 Å². The summed E-state index contributed by atoms with van der Waals surface area (Å²) in [5.74, 6) is 0.732. The summed E-state index contributed by atoms with van der Waals surface area (Å²) < 4.78 is 5.24. The Morgan fingerprint density at radius 1 is 1.14 bits per heavy atom. The number of ether oxygens (including phenoxy) is 1. The lowest BCUT2D eigenvalue weighted by Gasteiger charge is -2.19. The second-order valence-corrected chi connectivity index (χ2v) is 7.60. The lowest BCUT2D eigenvalue weighted by molar-refractivity contribution is -0.122. The van der Waals surface area contributed by atoms with Gasteiger partial charge in [-0.1, -0.05) is 35.9 Å². The first-order valence-electron chi connectivity index (χ1n) is 9.00. The summed E-state index contributed by atoms with van der Waals surface area (Å²) in [6.45, 7) is 0.487. The van der Waals surface area contributed by atoms with Gasteiger partial charge >= 0.3 is 0 Å². The van der Waals surface area contributed by atoms with Crippen molar-refractivity contribution in [3.63, 3.8) is 0 Å². The van der Waals surface area contributed by atoms with Crippen molar-refractivity contribution >= 4 is 35.2 Å². The topological polar surface area (TPSA) is 67.4 Å². The molecule has 0 bridgehead atoms. The zero-order chi connectivity index (χ0) is 20.4. The van der Waals surface area contributed by atoms with Gasteiger partial charge in [0.1, 0.15) is 11.8 Å². The molecule has 0 saturated heterocycles. The van der Waals surface area contributed by atoms with Gasteiger partial charge in [0.25, 0.3) is 5.91 Å². The van der Waals surface area contributed by atoms with Crippen molar-refractivity contribution in [2.24, 2.45) is 0 Å². The number of carbonyl (C=O) groups is 2. The van der Waals surface area contributed by atoms with Crippen LogP contribution in [0.25, 0.3) is 0 Å². The summed E-state index contributed by atoms with van der Waals surface area (Å²) in [4.78, 5) is 25.3. The summed E-state index contributed by atoms with van der Waals surface area (Å²) >= 11 is 7.52. The largest absolute Gasteiger partial charge is 0.496 e. The molecule has 0 spiro atoms. The fourth-order valence-corrected chi connectivity index (χ4v) is 3.27. The highest BCUT2D eigenvalue weighted by atomic mass is 35.5. The maximum Gasteiger partial charge on any atom is 0.255 e. The van der Waals surface area contributed by atoms with Crippen LogP contribution < -0.4 is 15.4 Å². The van der Waals surface area contributed by atoms with Crippen molar-refractivity contribution in [3.8, 4) is 5.75 Å². The third-order valence-corrected chi connectivity index (χ3v) is 5.11. The normalized spacial score (nSPS) is 11.5. The van der Waals surface area contributed by atoms with Crippen molar-refractivity contribution in [1.29, 1.82) is 0 Å². The minimum Gasteiger partial charge on any atom is -0.496 e. The third kappa shape index (κ3) is 6.77. The fraction of sp³-hybridized carbons (Fsp3) is 0.333. The smallest absolute Gasteiger partial charge is 0.255 e. The van der Waals surface area contributed by atoms with Gasteiger partial charge in [0, 0.05) is 11.6 Å². The molecular formula is C21H25ClN2O3S. The number of amides is 2. The number of rotatable bonds is 10. The molecule has 0 saturated carbocycles. The maximum atomic E-state index is 12.6. The lowest BCUT2D eigenvalue weighted by atomic mass is 10.1. The molecule has 0 aliphatic heterocycles. The van der Waals surface area contributed by atoms with Crippen molar-refractivity contribution in [1.82, 2.24) is 10.6 Å². The number of carbonyl (C=O) groups excluding carboxylic acids is 2. The van der Waals surface area contributed by atoms with Gasteiger partial charge in [-0.2, -0.15) is 11.8 Å². The second-order valence-electron chi connectivity index (χ2n) is 6.18. The summed E-state index contributed by atoms with van der Waals surface area (Å²) in [5, 5.41) is 6.43. The van der Waals surface area contributed by atoms with Gasteiger partial charge in [-0.05, 0) is 54.7 Å². The molecule has 2 N–H and O–H groups in total. The van der Waals surface area contributed by atoms with Crippen molar-refractivity contribution in [2.45, 2.75) is 18.9 Å². The Kier molecular flexibility index (Phi) is 9.17. The van der Waals surface area contributed by atoms with E-state index >= 15 is 0 Å². The molecule has 2 aromatic carbocycles. The molecule has 0 radical (unpaired) electrons. The van der Waals surface area contributed by atoms with Crippen LogP contribution in [0.2, 0.25) is 5.02 Å². The molecular weight excluding hydrogens is 396 g/mol. The molecule has 2 aromatic rings. The predicted molar refractivity (Wildman–Crippen MR) is 115 cm³/mol. The van der Waals surface area contributed by atoms with Crippen molar-refractivity contribution < 1.29 is 14.3 Å². The van der Waals surface area contributed by atoms with E-state index in [1.165, 1.54) is 7.11 Å². The van der Waals surface area contributed by atoms with Gasteiger partial charge in [0.05, 0.1) is 12.7 Å². The molecule has 0 aromatic heterocycles. The highest BCUT2D eigenvalue weighted by molar-refractivity contribution is 7.98. The molecule has 28 heavy (non-hydrogen) atoms. The van der Waals surface area contributed by atoms with Gasteiger partial charge in [-0.15, -0.1) is 0 Å². The molecule has 0 fully saturated rings. The second kappa shape index (κ2) is 11.6. The van der Waals surface area contributed by atoms with E-state index in [1.54, 1.807) is 36.0 Å². The van der Waals surface area contributed by atoms with Crippen molar-refractivity contribution in [3.05, 3.63) is 64.7 Å². The Morgan fingerprint density at radius 3 is 2.54 bits per heavy atom. The number of hydrogen-bond acceptors (Lipinski definition) is 4. The highest BCUT2D eigenvalue weighted by Gasteiger charge is 2.22. The number of thioether (sulfide) groups is 1. The molecule has 2 amide bonds. The zero-order valence-electron chi connectivity index (χ0n) is 16.0. The van der Waals surface area contributed by atoms with Crippen LogP contribution in [-0.4, -0.2) is 43.5 Å². The Labute approximate surface area is 175 Å². The monoisotopic (exact) mass is 420 g/mol. The quantitative estimate of drug-likeness (QED) is 0.616. The Hall–Kier alpha value is -2.18. The minimum absolute atomic E-state index is 0.189. The van der Waals surface area contributed by atoms with Crippen LogP contribution in [0.5, 0.6) is 5.75 Å². The summed E-state index contributed by atoms with van der Waals surface area (Å²) in [7, 11) is 1.51. The minimum atomic E-state index is -0.602. The van der Waals surface area contributed by atoms with Crippen LogP contribution in [-0.2, 0) is 11.2 Å². The standard InChI is InChI=1S/C21H25ClN2O3S/c1-27-19-6-4-3-5-17(19)20(25)24-18(12-14-28-2)21(26)23-13-11-15-7-9-16(22)10-8-15/h3-10,18H,11-14H2,1-2H3,(H,23,26)(H,24,25). The predicted octanol–water partition coefficient (Wildman–Crippen LogP) is 3.56. The molecule has 7 heteroatoms. The Bertz CT molecular complexity index is 783. The number of benzene rings is 2. The van der Waals surface area contributed by atoms with Crippen LogP contribution in [0.3, 0.4) is 0 Å². The van der Waals surface area contributed by atoms with E-state index in [0.717, 1.165) is 11.3 Å². The molecule has 5 nitrogen and oxygen atoms in total. The molecule has 150 valence electrons. The first-order chi connectivity index (χ1) is 13.5. The van der Waals surface area contributed by atoms with Gasteiger partial charge in [-0.25, -0.2) is 0 Å². The van der Waals surface area contributed by atoms with Crippen LogP contribution in [0.15, 0.2) is 48.5 Å². The van der Waals surface area contributed by atoms with Gasteiger partial charge in [0.15, 0.2) is 0 Å². The molecule has 0 aliphatic rings. The van der Waals surface area contributed by atoms with E-state index in [-0.39, 0.29) is 11.8 Å². The molecule has 1 unspecified atom stereocenters. The van der Waals surface area contributed by atoms with E-state index in [1.807, 2.05) is 30.5 Å². The van der Waals surface area contributed by atoms with Gasteiger partial charge < -0.3 is 15.4 Å². The number of methoxy groups -OCH3 is 1. The van der Waals surface area contributed by atoms with Gasteiger partial charge in [0.2, 0.25) is 5.91 Å². The third-order valence-electron chi connectivity index (χ3n) is 4.21. The average Bonchev–Trinajstić information content (AvgIpc) is 2.72. The SMILES string of the molecule is COc1ccccc1C(=O)NC(CCSC)C(=O)NCCc1ccc(Cl)cc1. The van der Waals surface area contributed by atoms with E-state index in [9.17, 15) is 9.59 Å². The van der Waals surface area contributed by atoms with E-state index in [2.05, 4.69) is 10.6 Å². The highest BCUT2D eigenvalue weighted by Crippen LogP contribution is 2.17. The molecule has 1 atom stereocenters. The van der Waals surface area contributed by atoms with Crippen LogP contribution in [0.4, 0.5) is 0 Å². The van der Waals surface area contributed by atoms with Crippen molar-refractivity contribution in [2.75, 3.05) is 25.7 Å². The summed E-state index contributed by atoms with van der Waals surface area (Å²) in [6, 6.07) is 13.9. The zero-order valence-corrected chi connectivity index (χ0v) is 17.6. The Balaban J connectivity index is 1.96. The molecule has 2 rings (SSSR count). The van der Waals surface area contributed by atoms with Crippen LogP contribution in [0.1, 0.15) is 22.3 Å².